The molecule has 0 aliphatic rings. The minimum Gasteiger partial charge on any atom is -0.326 e. The number of carbonyl (C=O) groups is 1. The van der Waals surface area contributed by atoms with Crippen molar-refractivity contribution in [2.45, 2.75) is 45.8 Å². The molecule has 3 heteroatoms. The van der Waals surface area contributed by atoms with Crippen LogP contribution in [0.1, 0.15) is 25.0 Å². The van der Waals surface area contributed by atoms with E-state index in [4.69, 9.17) is 0 Å². The molecule has 0 unspecified atom stereocenters. The third-order valence-electron chi connectivity index (χ3n) is 3.37. The van der Waals surface area contributed by atoms with E-state index >= 15 is 0 Å². The number of para-hydroxylation sites is 1. The Kier molecular flexibility index (Phi) is 5.42. The van der Waals surface area contributed by atoms with Gasteiger partial charge in [-0.3, -0.25) is 4.79 Å². The summed E-state index contributed by atoms with van der Waals surface area (Å²) >= 11 is 0. The second kappa shape index (κ2) is 6.60. The molecular weight excluding hydrogens is 226 g/mol. The number of nitrogens with one attached hydrogen (secondary N) is 1. The average molecular weight is 249 g/mol. The SMILES string of the molecule is CC[SiH](CC)CC(=O)Nc1c(C)cccc1C. The number of anilines is 1. The molecular formula is C14H23NOSi. The van der Waals surface area contributed by atoms with E-state index < -0.39 is 8.80 Å². The van der Waals surface area contributed by atoms with Crippen LogP contribution in [-0.4, -0.2) is 14.7 Å². The van der Waals surface area contributed by atoms with Gasteiger partial charge in [-0.25, -0.2) is 0 Å². The topological polar surface area (TPSA) is 29.1 Å². The normalized spacial score (nSPS) is 10.6. The molecule has 0 fully saturated rings. The van der Waals surface area contributed by atoms with Crippen molar-refractivity contribution in [3.05, 3.63) is 29.3 Å². The van der Waals surface area contributed by atoms with Gasteiger partial charge in [0, 0.05) is 20.5 Å². The summed E-state index contributed by atoms with van der Waals surface area (Å²) < 4.78 is 0. The minimum absolute atomic E-state index is 0.197. The molecule has 0 aliphatic carbocycles. The second-order valence-electron chi connectivity index (χ2n) is 4.70. The molecule has 1 N–H and O–H groups in total. The summed E-state index contributed by atoms with van der Waals surface area (Å²) in [4.78, 5) is 12.0. The number of hydrogen-bond donors (Lipinski definition) is 1. The first-order valence-electron chi connectivity index (χ1n) is 6.44. The Labute approximate surface area is 106 Å². The molecule has 0 radical (unpaired) electrons. The summed E-state index contributed by atoms with van der Waals surface area (Å²) in [6.07, 6.45) is 0. The van der Waals surface area contributed by atoms with Gasteiger partial charge in [-0.15, -0.1) is 0 Å². The lowest BCUT2D eigenvalue weighted by Gasteiger charge is -2.14. The molecule has 17 heavy (non-hydrogen) atoms. The van der Waals surface area contributed by atoms with Gasteiger partial charge >= 0.3 is 0 Å². The summed E-state index contributed by atoms with van der Waals surface area (Å²) in [5.41, 5.74) is 3.28. The van der Waals surface area contributed by atoms with Gasteiger partial charge in [0.2, 0.25) is 5.91 Å². The highest BCUT2D eigenvalue weighted by molar-refractivity contribution is 6.62. The summed E-state index contributed by atoms with van der Waals surface area (Å²) in [5, 5.41) is 3.07. The molecule has 1 rings (SSSR count). The van der Waals surface area contributed by atoms with Crippen LogP contribution in [0.5, 0.6) is 0 Å². The molecule has 0 heterocycles. The van der Waals surface area contributed by atoms with E-state index in [-0.39, 0.29) is 5.91 Å². The van der Waals surface area contributed by atoms with Gasteiger partial charge in [0.05, 0.1) is 0 Å². The fraction of sp³-hybridized carbons (Fsp3) is 0.500. The van der Waals surface area contributed by atoms with Gasteiger partial charge in [0.25, 0.3) is 0 Å². The van der Waals surface area contributed by atoms with E-state index in [1.807, 2.05) is 32.0 Å². The lowest BCUT2D eigenvalue weighted by Crippen LogP contribution is -2.21. The highest BCUT2D eigenvalue weighted by Gasteiger charge is 2.13. The number of benzene rings is 1. The zero-order valence-electron chi connectivity index (χ0n) is 11.3. The van der Waals surface area contributed by atoms with Crippen LogP contribution in [0.15, 0.2) is 18.2 Å². The lowest BCUT2D eigenvalue weighted by molar-refractivity contribution is -0.114. The molecule has 0 spiro atoms. The molecule has 0 atom stereocenters. The second-order valence-corrected chi connectivity index (χ2v) is 8.47. The fourth-order valence-corrected chi connectivity index (χ4v) is 3.82. The van der Waals surface area contributed by atoms with Crippen molar-refractivity contribution in [3.63, 3.8) is 0 Å². The summed E-state index contributed by atoms with van der Waals surface area (Å²) in [6, 6.07) is 9.28. The molecule has 0 bridgehead atoms. The van der Waals surface area contributed by atoms with Crippen LogP contribution in [0.3, 0.4) is 0 Å². The van der Waals surface area contributed by atoms with Gasteiger partial charge in [-0.1, -0.05) is 44.1 Å². The van der Waals surface area contributed by atoms with Crippen LogP contribution < -0.4 is 5.32 Å². The van der Waals surface area contributed by atoms with Gasteiger partial charge in [0.15, 0.2) is 0 Å². The fourth-order valence-electron chi connectivity index (χ4n) is 2.04. The van der Waals surface area contributed by atoms with E-state index in [0.717, 1.165) is 22.9 Å². The number of aryl methyl sites for hydroxylation is 2. The van der Waals surface area contributed by atoms with E-state index in [9.17, 15) is 4.79 Å². The number of hydrogen-bond acceptors (Lipinski definition) is 1. The smallest absolute Gasteiger partial charge is 0.221 e. The molecule has 0 aromatic heterocycles. The van der Waals surface area contributed by atoms with Gasteiger partial charge in [0.1, 0.15) is 0 Å². The maximum absolute atomic E-state index is 12.0. The van der Waals surface area contributed by atoms with Crippen LogP contribution in [0.4, 0.5) is 5.69 Å². The Balaban J connectivity index is 2.68. The predicted molar refractivity (Wildman–Crippen MR) is 77.5 cm³/mol. The zero-order valence-corrected chi connectivity index (χ0v) is 12.5. The Bertz CT molecular complexity index is 366. The third kappa shape index (κ3) is 4.00. The molecule has 0 saturated carbocycles. The quantitative estimate of drug-likeness (QED) is 0.795. The van der Waals surface area contributed by atoms with E-state index in [1.165, 1.54) is 12.1 Å². The van der Waals surface area contributed by atoms with Crippen molar-refractivity contribution >= 4 is 20.4 Å². The maximum Gasteiger partial charge on any atom is 0.221 e. The number of rotatable bonds is 5. The highest BCUT2D eigenvalue weighted by Crippen LogP contribution is 2.20. The van der Waals surface area contributed by atoms with Crippen molar-refractivity contribution in [2.24, 2.45) is 0 Å². The summed E-state index contributed by atoms with van der Waals surface area (Å²) in [7, 11) is -0.835. The van der Waals surface area contributed by atoms with Crippen molar-refractivity contribution in [1.29, 1.82) is 0 Å². The molecule has 1 aromatic rings. The van der Waals surface area contributed by atoms with Crippen molar-refractivity contribution in [1.82, 2.24) is 0 Å². The zero-order chi connectivity index (χ0) is 12.8. The van der Waals surface area contributed by atoms with Crippen LogP contribution in [-0.2, 0) is 4.79 Å². The van der Waals surface area contributed by atoms with Crippen LogP contribution >= 0.6 is 0 Å². The summed E-state index contributed by atoms with van der Waals surface area (Å²) in [5.74, 6) is 0.197. The van der Waals surface area contributed by atoms with Gasteiger partial charge < -0.3 is 5.32 Å². The number of carbonyl (C=O) groups excluding carboxylic acids is 1. The standard InChI is InChI=1S/C14H23NOSi/c1-5-17(6-2)10-13(16)15-14-11(3)8-7-9-12(14)4/h7-9,17H,5-6,10H2,1-4H3,(H,15,16). The Morgan fingerprint density at radius 1 is 1.18 bits per heavy atom. The van der Waals surface area contributed by atoms with Crippen LogP contribution in [0.2, 0.25) is 18.1 Å². The van der Waals surface area contributed by atoms with E-state index in [2.05, 4.69) is 19.2 Å². The Morgan fingerprint density at radius 2 is 1.71 bits per heavy atom. The molecule has 0 saturated heterocycles. The molecule has 94 valence electrons. The number of amides is 1. The van der Waals surface area contributed by atoms with Crippen molar-refractivity contribution in [3.8, 4) is 0 Å². The van der Waals surface area contributed by atoms with Crippen LogP contribution in [0.25, 0.3) is 0 Å². The molecule has 1 amide bonds. The largest absolute Gasteiger partial charge is 0.326 e. The first-order valence-corrected chi connectivity index (χ1v) is 8.89. The van der Waals surface area contributed by atoms with Gasteiger partial charge in [-0.2, -0.15) is 0 Å². The Morgan fingerprint density at radius 3 is 2.18 bits per heavy atom. The predicted octanol–water partition coefficient (Wildman–Crippen LogP) is 3.51. The monoisotopic (exact) mass is 249 g/mol. The average Bonchev–Trinajstić information content (AvgIpc) is 2.31. The molecule has 0 aliphatic heterocycles. The maximum atomic E-state index is 12.0. The van der Waals surface area contributed by atoms with Crippen molar-refractivity contribution in [2.75, 3.05) is 5.32 Å². The highest BCUT2D eigenvalue weighted by atomic mass is 28.3. The molecule has 1 aromatic carbocycles. The van der Waals surface area contributed by atoms with Crippen LogP contribution in [0, 0.1) is 13.8 Å². The van der Waals surface area contributed by atoms with E-state index in [0.29, 0.717) is 0 Å². The van der Waals surface area contributed by atoms with Crippen molar-refractivity contribution < 1.29 is 4.79 Å². The Hall–Kier alpha value is -1.09. The lowest BCUT2D eigenvalue weighted by atomic mass is 10.1. The van der Waals surface area contributed by atoms with Gasteiger partial charge in [-0.05, 0) is 25.0 Å². The molecule has 2 nitrogen and oxygen atoms in total. The van der Waals surface area contributed by atoms with E-state index in [1.54, 1.807) is 0 Å². The minimum atomic E-state index is -0.835. The summed E-state index contributed by atoms with van der Waals surface area (Å²) in [6.45, 7) is 8.48. The first kappa shape index (κ1) is 14.0. The first-order chi connectivity index (χ1) is 8.08. The third-order valence-corrected chi connectivity index (χ3v) is 6.63.